The number of amides is 1. The maximum atomic E-state index is 12.7. The first-order chi connectivity index (χ1) is 20.5. The van der Waals surface area contributed by atoms with Gasteiger partial charge >= 0.3 is 0 Å². The van der Waals surface area contributed by atoms with E-state index in [0.717, 1.165) is 46.8 Å². The molecule has 10 heteroatoms. The summed E-state index contributed by atoms with van der Waals surface area (Å²) < 4.78 is 13.0. The molecule has 0 spiro atoms. The Morgan fingerprint density at radius 1 is 1.00 bits per heavy atom. The quantitative estimate of drug-likeness (QED) is 0.302. The molecule has 4 aromatic rings. The van der Waals surface area contributed by atoms with Crippen LogP contribution in [0.15, 0.2) is 72.6 Å². The first-order valence-corrected chi connectivity index (χ1v) is 14.3. The van der Waals surface area contributed by atoms with E-state index >= 15 is 0 Å². The number of anilines is 2. The SMILES string of the molecule is CC(C)=CC(=O)N1CCCN(c2nc(NCc3ccc4c(c3)OCO4)c3ncn(CC=Cc4ccccc4)c3n2)CC1. The summed E-state index contributed by atoms with van der Waals surface area (Å²) in [6.45, 7) is 8.02. The second-order valence-corrected chi connectivity index (χ2v) is 10.7. The number of nitrogens with zero attached hydrogens (tertiary/aromatic N) is 6. The highest BCUT2D eigenvalue weighted by Crippen LogP contribution is 2.33. The highest BCUT2D eigenvalue weighted by atomic mass is 16.7. The summed E-state index contributed by atoms with van der Waals surface area (Å²) in [5.74, 6) is 2.85. The van der Waals surface area contributed by atoms with E-state index in [9.17, 15) is 4.79 Å². The average molecular weight is 566 g/mol. The summed E-state index contributed by atoms with van der Waals surface area (Å²) in [7, 11) is 0. The fourth-order valence-electron chi connectivity index (χ4n) is 5.11. The van der Waals surface area contributed by atoms with Crippen LogP contribution in [0.2, 0.25) is 0 Å². The van der Waals surface area contributed by atoms with Crippen LogP contribution in [0.3, 0.4) is 0 Å². The smallest absolute Gasteiger partial charge is 0.246 e. The van der Waals surface area contributed by atoms with Crippen molar-refractivity contribution in [3.05, 3.63) is 83.7 Å². The Morgan fingerprint density at radius 2 is 1.86 bits per heavy atom. The van der Waals surface area contributed by atoms with Gasteiger partial charge in [0.05, 0.1) is 6.33 Å². The molecule has 0 saturated carbocycles. The average Bonchev–Trinajstić information content (AvgIpc) is 3.55. The Labute approximate surface area is 245 Å². The molecule has 42 heavy (non-hydrogen) atoms. The second-order valence-electron chi connectivity index (χ2n) is 10.7. The van der Waals surface area contributed by atoms with Crippen LogP contribution < -0.4 is 19.7 Å². The molecule has 2 aliphatic heterocycles. The van der Waals surface area contributed by atoms with Crippen molar-refractivity contribution in [1.82, 2.24) is 24.4 Å². The molecule has 1 amide bonds. The van der Waals surface area contributed by atoms with Crippen LogP contribution in [0.4, 0.5) is 11.8 Å². The minimum atomic E-state index is 0.0579. The monoisotopic (exact) mass is 565 g/mol. The van der Waals surface area contributed by atoms with E-state index in [-0.39, 0.29) is 12.7 Å². The lowest BCUT2D eigenvalue weighted by molar-refractivity contribution is -0.125. The molecule has 4 heterocycles. The zero-order valence-corrected chi connectivity index (χ0v) is 24.0. The summed E-state index contributed by atoms with van der Waals surface area (Å²) in [6.07, 6.45) is 8.56. The molecule has 216 valence electrons. The maximum absolute atomic E-state index is 12.7. The Balaban J connectivity index is 1.27. The topological polar surface area (TPSA) is 97.6 Å². The van der Waals surface area contributed by atoms with Gasteiger partial charge in [0, 0.05) is 45.3 Å². The number of nitrogens with one attached hydrogen (secondary N) is 1. The van der Waals surface area contributed by atoms with Crippen molar-refractivity contribution in [2.45, 2.75) is 33.4 Å². The zero-order valence-electron chi connectivity index (χ0n) is 24.0. The van der Waals surface area contributed by atoms with Crippen LogP contribution in [-0.2, 0) is 17.9 Å². The molecule has 2 aliphatic rings. The molecule has 0 aliphatic carbocycles. The lowest BCUT2D eigenvalue weighted by Gasteiger charge is -2.22. The lowest BCUT2D eigenvalue weighted by Crippen LogP contribution is -2.34. The first kappa shape index (κ1) is 27.3. The number of ether oxygens (including phenoxy) is 2. The van der Waals surface area contributed by atoms with Gasteiger partial charge in [-0.25, -0.2) is 4.98 Å². The van der Waals surface area contributed by atoms with Gasteiger partial charge in [0.25, 0.3) is 0 Å². The van der Waals surface area contributed by atoms with E-state index in [0.29, 0.717) is 50.0 Å². The largest absolute Gasteiger partial charge is 0.454 e. The van der Waals surface area contributed by atoms with E-state index in [1.807, 2.05) is 66.0 Å². The van der Waals surface area contributed by atoms with Crippen LogP contribution in [0.5, 0.6) is 11.5 Å². The summed E-state index contributed by atoms with van der Waals surface area (Å²) in [6, 6.07) is 16.1. The van der Waals surface area contributed by atoms with Crippen molar-refractivity contribution in [2.24, 2.45) is 0 Å². The van der Waals surface area contributed by atoms with Gasteiger partial charge in [-0.2, -0.15) is 9.97 Å². The van der Waals surface area contributed by atoms with Gasteiger partial charge in [-0.15, -0.1) is 0 Å². The predicted octanol–water partition coefficient (Wildman–Crippen LogP) is 4.89. The van der Waals surface area contributed by atoms with Crippen molar-refractivity contribution in [2.75, 3.05) is 43.2 Å². The Morgan fingerprint density at radius 3 is 2.71 bits per heavy atom. The molecule has 1 fully saturated rings. The first-order valence-electron chi connectivity index (χ1n) is 14.3. The number of fused-ring (bicyclic) bond motifs is 2. The van der Waals surface area contributed by atoms with Crippen molar-refractivity contribution < 1.29 is 14.3 Å². The number of benzene rings is 2. The lowest BCUT2D eigenvalue weighted by atomic mass is 10.2. The highest BCUT2D eigenvalue weighted by Gasteiger charge is 2.22. The van der Waals surface area contributed by atoms with Crippen molar-refractivity contribution >= 4 is 34.9 Å². The molecular weight excluding hydrogens is 530 g/mol. The second kappa shape index (κ2) is 12.3. The number of hydrogen-bond acceptors (Lipinski definition) is 8. The van der Waals surface area contributed by atoms with Crippen molar-refractivity contribution in [3.8, 4) is 11.5 Å². The molecule has 6 rings (SSSR count). The fourth-order valence-corrected chi connectivity index (χ4v) is 5.11. The molecule has 1 N–H and O–H groups in total. The summed E-state index contributed by atoms with van der Waals surface area (Å²) in [4.78, 5) is 31.4. The third kappa shape index (κ3) is 6.22. The molecule has 1 saturated heterocycles. The van der Waals surface area contributed by atoms with E-state index in [1.165, 1.54) is 0 Å². The van der Waals surface area contributed by atoms with E-state index in [1.54, 1.807) is 6.08 Å². The summed E-state index contributed by atoms with van der Waals surface area (Å²) in [5.41, 5.74) is 4.65. The Hall–Kier alpha value is -4.86. The van der Waals surface area contributed by atoms with E-state index in [2.05, 4.69) is 34.5 Å². The molecular formula is C32H35N7O3. The summed E-state index contributed by atoms with van der Waals surface area (Å²) in [5, 5.41) is 3.49. The third-order valence-corrected chi connectivity index (χ3v) is 7.26. The predicted molar refractivity (Wildman–Crippen MR) is 164 cm³/mol. The van der Waals surface area contributed by atoms with Gasteiger partial charge in [0.1, 0.15) is 0 Å². The highest BCUT2D eigenvalue weighted by molar-refractivity contribution is 5.88. The van der Waals surface area contributed by atoms with Crippen LogP contribution >= 0.6 is 0 Å². The fraction of sp³-hybridized carbons (Fsp3) is 0.312. The number of rotatable bonds is 8. The Kier molecular flexibility index (Phi) is 8.02. The van der Waals surface area contributed by atoms with Crippen molar-refractivity contribution in [3.63, 3.8) is 0 Å². The van der Waals surface area contributed by atoms with Crippen molar-refractivity contribution in [1.29, 1.82) is 0 Å². The number of carbonyl (C=O) groups is 1. The molecule has 0 bridgehead atoms. The number of carbonyl (C=O) groups excluding carboxylic acids is 1. The van der Waals surface area contributed by atoms with E-state index in [4.69, 9.17) is 24.4 Å². The van der Waals surface area contributed by atoms with Crippen LogP contribution in [0, 0.1) is 0 Å². The Bertz CT molecular complexity index is 1630. The van der Waals surface area contributed by atoms with Gasteiger partial charge in [-0.05, 0) is 43.5 Å². The zero-order chi connectivity index (χ0) is 28.9. The van der Waals surface area contributed by atoms with Gasteiger partial charge in [0.2, 0.25) is 18.6 Å². The molecule has 10 nitrogen and oxygen atoms in total. The minimum absolute atomic E-state index is 0.0579. The maximum Gasteiger partial charge on any atom is 0.246 e. The number of hydrogen-bond donors (Lipinski definition) is 1. The summed E-state index contributed by atoms with van der Waals surface area (Å²) >= 11 is 0. The minimum Gasteiger partial charge on any atom is -0.454 e. The molecule has 0 radical (unpaired) electrons. The molecule has 0 unspecified atom stereocenters. The number of aromatic nitrogens is 4. The van der Waals surface area contributed by atoms with E-state index < -0.39 is 0 Å². The third-order valence-electron chi connectivity index (χ3n) is 7.26. The standard InChI is InChI=1S/C32H35N7O3/c1-23(2)18-28(40)37-14-7-15-38(17-16-37)32-35-30(33-20-25-11-12-26-27(19-25)42-22-41-26)29-31(36-32)39(21-34-29)13-6-10-24-8-4-3-5-9-24/h3-6,8-12,18-19,21H,7,13-17,20,22H2,1-2H3,(H,33,35,36). The number of imidazole rings is 1. The van der Waals surface area contributed by atoms with Crippen LogP contribution in [-0.4, -0.2) is 63.3 Å². The number of allylic oxidation sites excluding steroid dienone is 2. The van der Waals surface area contributed by atoms with Gasteiger partial charge in [0.15, 0.2) is 28.5 Å². The molecule has 2 aromatic carbocycles. The van der Waals surface area contributed by atoms with Gasteiger partial charge in [-0.1, -0.05) is 54.1 Å². The normalized spacial score (nSPS) is 14.8. The van der Waals surface area contributed by atoms with Crippen LogP contribution in [0.25, 0.3) is 17.2 Å². The van der Waals surface area contributed by atoms with Gasteiger partial charge < -0.3 is 29.2 Å². The van der Waals surface area contributed by atoms with Gasteiger partial charge in [-0.3, -0.25) is 4.79 Å². The van der Waals surface area contributed by atoms with Crippen LogP contribution in [0.1, 0.15) is 31.4 Å². The molecule has 2 aromatic heterocycles. The molecule has 0 atom stereocenters.